The summed E-state index contributed by atoms with van der Waals surface area (Å²) in [6.07, 6.45) is 2.61. The van der Waals surface area contributed by atoms with Crippen LogP contribution in [-0.4, -0.2) is 29.8 Å². The van der Waals surface area contributed by atoms with E-state index in [0.29, 0.717) is 11.8 Å². The molecule has 0 saturated carbocycles. The highest BCUT2D eigenvalue weighted by molar-refractivity contribution is 7.09. The Kier molecular flexibility index (Phi) is 3.54. The molecule has 0 aliphatic carbocycles. The number of ketones is 1. The van der Waals surface area contributed by atoms with Crippen LogP contribution in [0.2, 0.25) is 0 Å². The molecule has 1 aromatic heterocycles. The second-order valence-electron chi connectivity index (χ2n) is 4.21. The second-order valence-corrected chi connectivity index (χ2v) is 5.24. The summed E-state index contributed by atoms with van der Waals surface area (Å²) in [5.74, 6) is 0.426. The van der Waals surface area contributed by atoms with Crippen molar-refractivity contribution < 1.29 is 4.79 Å². The smallest absolute Gasteiger partial charge is 0.135 e. The van der Waals surface area contributed by atoms with Crippen molar-refractivity contribution in [2.24, 2.45) is 0 Å². The van der Waals surface area contributed by atoms with Crippen LogP contribution in [0.25, 0.3) is 0 Å². The van der Waals surface area contributed by atoms with Crippen molar-refractivity contribution in [2.45, 2.75) is 32.2 Å². The molecule has 0 spiro atoms. The molecule has 82 valence electrons. The van der Waals surface area contributed by atoms with E-state index in [1.807, 2.05) is 11.3 Å². The highest BCUT2D eigenvalue weighted by atomic mass is 32.1. The molecule has 3 heteroatoms. The van der Waals surface area contributed by atoms with Crippen molar-refractivity contribution in [3.63, 3.8) is 0 Å². The molecule has 1 unspecified atom stereocenters. The van der Waals surface area contributed by atoms with Crippen molar-refractivity contribution in [1.29, 1.82) is 0 Å². The van der Waals surface area contributed by atoms with E-state index in [1.54, 1.807) is 0 Å². The first-order chi connectivity index (χ1) is 7.25. The van der Waals surface area contributed by atoms with Gasteiger partial charge in [0.1, 0.15) is 5.78 Å². The van der Waals surface area contributed by atoms with E-state index in [-0.39, 0.29) is 0 Å². The van der Waals surface area contributed by atoms with Gasteiger partial charge in [-0.05, 0) is 24.8 Å². The van der Waals surface area contributed by atoms with Gasteiger partial charge in [-0.2, -0.15) is 0 Å². The van der Waals surface area contributed by atoms with Crippen molar-refractivity contribution in [1.82, 2.24) is 4.90 Å². The van der Waals surface area contributed by atoms with Crippen LogP contribution in [0.4, 0.5) is 0 Å². The number of nitrogens with zero attached hydrogens (tertiary/aromatic N) is 1. The molecule has 2 rings (SSSR count). The van der Waals surface area contributed by atoms with E-state index in [9.17, 15) is 4.79 Å². The minimum absolute atomic E-state index is 0.426. The number of carbonyl (C=O) groups excluding carboxylic acids is 1. The monoisotopic (exact) mass is 223 g/mol. The first-order valence-corrected chi connectivity index (χ1v) is 6.42. The van der Waals surface area contributed by atoms with Crippen LogP contribution in [0, 0.1) is 0 Å². The van der Waals surface area contributed by atoms with E-state index >= 15 is 0 Å². The molecule has 1 aliphatic rings. The highest BCUT2D eigenvalue weighted by Crippen LogP contribution is 2.16. The Balaban J connectivity index is 1.82. The predicted octanol–water partition coefficient (Wildman–Crippen LogP) is 2.34. The third-order valence-corrected chi connectivity index (χ3v) is 3.99. The van der Waals surface area contributed by atoms with Gasteiger partial charge in [-0.3, -0.25) is 9.69 Å². The largest absolute Gasteiger partial charge is 0.300 e. The number of thiophene rings is 1. The molecule has 2 nitrogen and oxygen atoms in total. The van der Waals surface area contributed by atoms with Gasteiger partial charge in [0, 0.05) is 36.9 Å². The number of piperidine rings is 1. The Morgan fingerprint density at radius 2 is 2.47 bits per heavy atom. The summed E-state index contributed by atoms with van der Waals surface area (Å²) in [6.45, 7) is 4.20. The first kappa shape index (κ1) is 10.8. The van der Waals surface area contributed by atoms with Crippen LogP contribution in [0.5, 0.6) is 0 Å². The second kappa shape index (κ2) is 4.90. The van der Waals surface area contributed by atoms with Crippen molar-refractivity contribution in [3.8, 4) is 0 Å². The zero-order valence-corrected chi connectivity index (χ0v) is 9.93. The van der Waals surface area contributed by atoms with Crippen LogP contribution in [0.3, 0.4) is 0 Å². The van der Waals surface area contributed by atoms with Crippen molar-refractivity contribution in [2.75, 3.05) is 13.1 Å². The molecule has 1 fully saturated rings. The third kappa shape index (κ3) is 2.89. The highest BCUT2D eigenvalue weighted by Gasteiger charge is 2.22. The maximum absolute atomic E-state index is 11.2. The summed E-state index contributed by atoms with van der Waals surface area (Å²) in [5.41, 5.74) is 0. The standard InChI is InChI=1S/C12H17NOS/c1-10-9-11(14)4-6-13(10)7-5-12-3-2-8-15-12/h2-3,8,10H,4-7,9H2,1H3. The summed E-state index contributed by atoms with van der Waals surface area (Å²) in [6, 6.07) is 4.72. The zero-order valence-electron chi connectivity index (χ0n) is 9.11. The molecule has 15 heavy (non-hydrogen) atoms. The average Bonchev–Trinajstić information content (AvgIpc) is 2.69. The lowest BCUT2D eigenvalue weighted by molar-refractivity contribution is -0.122. The summed E-state index contributed by atoms with van der Waals surface area (Å²) in [7, 11) is 0. The Hall–Kier alpha value is -0.670. The van der Waals surface area contributed by atoms with Gasteiger partial charge in [-0.25, -0.2) is 0 Å². The fourth-order valence-electron chi connectivity index (χ4n) is 2.09. The molecular formula is C12H17NOS. The van der Waals surface area contributed by atoms with E-state index in [0.717, 1.165) is 32.4 Å². The van der Waals surface area contributed by atoms with Gasteiger partial charge in [0.05, 0.1) is 0 Å². The number of carbonyl (C=O) groups is 1. The predicted molar refractivity (Wildman–Crippen MR) is 63.3 cm³/mol. The topological polar surface area (TPSA) is 20.3 Å². The van der Waals surface area contributed by atoms with Crippen LogP contribution < -0.4 is 0 Å². The fraction of sp³-hybridized carbons (Fsp3) is 0.583. The SMILES string of the molecule is CC1CC(=O)CCN1CCc1cccs1. The normalized spacial score (nSPS) is 23.3. The maximum atomic E-state index is 11.2. The van der Waals surface area contributed by atoms with E-state index in [4.69, 9.17) is 0 Å². The minimum Gasteiger partial charge on any atom is -0.300 e. The van der Waals surface area contributed by atoms with Crippen LogP contribution >= 0.6 is 11.3 Å². The molecular weight excluding hydrogens is 206 g/mol. The van der Waals surface area contributed by atoms with Crippen LogP contribution in [0.15, 0.2) is 17.5 Å². The minimum atomic E-state index is 0.426. The molecule has 0 bridgehead atoms. The van der Waals surface area contributed by atoms with Gasteiger partial charge in [-0.15, -0.1) is 11.3 Å². The number of rotatable bonds is 3. The van der Waals surface area contributed by atoms with E-state index < -0.39 is 0 Å². The number of hydrogen-bond acceptors (Lipinski definition) is 3. The van der Waals surface area contributed by atoms with E-state index in [2.05, 4.69) is 29.3 Å². The van der Waals surface area contributed by atoms with Crippen LogP contribution in [-0.2, 0) is 11.2 Å². The Labute approximate surface area is 94.9 Å². The quantitative estimate of drug-likeness (QED) is 0.784. The number of hydrogen-bond donors (Lipinski definition) is 0. The molecule has 0 radical (unpaired) electrons. The zero-order chi connectivity index (χ0) is 10.7. The summed E-state index contributed by atoms with van der Waals surface area (Å²) < 4.78 is 0. The molecule has 1 saturated heterocycles. The maximum Gasteiger partial charge on any atom is 0.135 e. The fourth-order valence-corrected chi connectivity index (χ4v) is 2.79. The van der Waals surface area contributed by atoms with Gasteiger partial charge < -0.3 is 0 Å². The molecule has 0 N–H and O–H groups in total. The van der Waals surface area contributed by atoms with Crippen molar-refractivity contribution in [3.05, 3.63) is 22.4 Å². The molecule has 0 aromatic carbocycles. The molecule has 1 aliphatic heterocycles. The molecule has 2 heterocycles. The van der Waals surface area contributed by atoms with Gasteiger partial charge >= 0.3 is 0 Å². The third-order valence-electron chi connectivity index (χ3n) is 3.05. The number of likely N-dealkylation sites (tertiary alicyclic amines) is 1. The van der Waals surface area contributed by atoms with E-state index in [1.165, 1.54) is 4.88 Å². The summed E-state index contributed by atoms with van der Waals surface area (Å²) >= 11 is 1.82. The molecule has 1 aromatic rings. The Bertz CT molecular complexity index is 320. The van der Waals surface area contributed by atoms with Gasteiger partial charge in [0.25, 0.3) is 0 Å². The summed E-state index contributed by atoms with van der Waals surface area (Å²) in [5, 5.41) is 2.12. The molecule has 0 amide bonds. The van der Waals surface area contributed by atoms with Gasteiger partial charge in [0.15, 0.2) is 0 Å². The van der Waals surface area contributed by atoms with Gasteiger partial charge in [-0.1, -0.05) is 6.07 Å². The lowest BCUT2D eigenvalue weighted by atomic mass is 10.0. The molecule has 1 atom stereocenters. The summed E-state index contributed by atoms with van der Waals surface area (Å²) in [4.78, 5) is 15.1. The lowest BCUT2D eigenvalue weighted by Crippen LogP contribution is -2.41. The average molecular weight is 223 g/mol. The lowest BCUT2D eigenvalue weighted by Gasteiger charge is -2.32. The first-order valence-electron chi connectivity index (χ1n) is 5.54. The Morgan fingerprint density at radius 3 is 3.13 bits per heavy atom. The van der Waals surface area contributed by atoms with Gasteiger partial charge in [0.2, 0.25) is 0 Å². The van der Waals surface area contributed by atoms with Crippen LogP contribution in [0.1, 0.15) is 24.6 Å². The van der Waals surface area contributed by atoms with Crippen molar-refractivity contribution >= 4 is 17.1 Å². The number of Topliss-reactive ketones (excluding diaryl/α,β-unsaturated/α-hetero) is 1. The Morgan fingerprint density at radius 1 is 1.60 bits per heavy atom.